The van der Waals surface area contributed by atoms with E-state index in [1.807, 2.05) is 49.4 Å². The number of aliphatic carboxylic acids is 1. The molecule has 0 heterocycles. The average Bonchev–Trinajstić information content (AvgIpc) is 2.47. The molecule has 0 saturated heterocycles. The summed E-state index contributed by atoms with van der Waals surface area (Å²) in [4.78, 5) is 11.4. The number of ether oxygens (including phenoxy) is 1. The first-order valence-electron chi connectivity index (χ1n) is 7.50. The molecule has 0 radical (unpaired) electrons. The third kappa shape index (κ3) is 4.35. The highest BCUT2D eigenvalue weighted by molar-refractivity contribution is 5.73. The van der Waals surface area contributed by atoms with Crippen LogP contribution in [-0.2, 0) is 11.2 Å². The highest BCUT2D eigenvalue weighted by Crippen LogP contribution is 2.18. The van der Waals surface area contributed by atoms with Crippen molar-refractivity contribution in [3.8, 4) is 5.75 Å². The zero-order valence-electron chi connectivity index (χ0n) is 13.2. The molecule has 0 saturated carbocycles. The zero-order valence-corrected chi connectivity index (χ0v) is 13.2. The number of carbonyl (C=O) groups is 1. The van der Waals surface area contributed by atoms with Crippen LogP contribution in [0.2, 0.25) is 0 Å². The van der Waals surface area contributed by atoms with Crippen molar-refractivity contribution < 1.29 is 14.6 Å². The Balaban J connectivity index is 2.10. The minimum Gasteiger partial charge on any atom is -0.478 e. The Bertz CT molecular complexity index is 629. The second kappa shape index (κ2) is 7.12. The first kappa shape index (κ1) is 16.1. The molecular formula is C19H22O3. The van der Waals surface area contributed by atoms with Crippen molar-refractivity contribution in [2.24, 2.45) is 0 Å². The summed E-state index contributed by atoms with van der Waals surface area (Å²) >= 11 is 0. The van der Waals surface area contributed by atoms with Crippen LogP contribution in [0, 0.1) is 6.92 Å². The van der Waals surface area contributed by atoms with Crippen LogP contribution in [0.25, 0.3) is 0 Å². The number of carboxylic acids is 1. The van der Waals surface area contributed by atoms with E-state index >= 15 is 0 Å². The number of hydrogen-bond donors (Lipinski definition) is 1. The summed E-state index contributed by atoms with van der Waals surface area (Å²) in [6.45, 7) is 6.22. The van der Waals surface area contributed by atoms with Gasteiger partial charge in [-0.05, 0) is 41.7 Å². The van der Waals surface area contributed by atoms with Gasteiger partial charge >= 0.3 is 5.97 Å². The summed E-state index contributed by atoms with van der Waals surface area (Å²) in [5.74, 6) is 0.105. The molecule has 3 nitrogen and oxygen atoms in total. The van der Waals surface area contributed by atoms with E-state index in [4.69, 9.17) is 4.74 Å². The lowest BCUT2D eigenvalue weighted by Crippen LogP contribution is -2.29. The second-order valence-electron chi connectivity index (χ2n) is 5.86. The van der Waals surface area contributed by atoms with Gasteiger partial charge in [-0.2, -0.15) is 0 Å². The van der Waals surface area contributed by atoms with E-state index in [-0.39, 0.29) is 0 Å². The third-order valence-electron chi connectivity index (χ3n) is 3.61. The van der Waals surface area contributed by atoms with E-state index in [1.54, 1.807) is 6.07 Å². The number of benzene rings is 2. The molecule has 0 aliphatic heterocycles. The minimum atomic E-state index is -0.950. The molecule has 1 atom stereocenters. The Morgan fingerprint density at radius 1 is 1.14 bits per heavy atom. The smallest absolute Gasteiger partial charge is 0.345 e. The molecule has 0 amide bonds. The lowest BCUT2D eigenvalue weighted by Gasteiger charge is -2.16. The Labute approximate surface area is 131 Å². The summed E-state index contributed by atoms with van der Waals surface area (Å²) in [6.07, 6.45) is -0.534. The van der Waals surface area contributed by atoms with E-state index in [0.29, 0.717) is 18.1 Å². The molecule has 0 fully saturated rings. The van der Waals surface area contributed by atoms with Crippen LogP contribution < -0.4 is 4.74 Å². The lowest BCUT2D eigenvalue weighted by molar-refractivity contribution is -0.145. The molecule has 0 aliphatic rings. The first-order valence-corrected chi connectivity index (χ1v) is 7.50. The van der Waals surface area contributed by atoms with Gasteiger partial charge in [0.2, 0.25) is 0 Å². The molecular weight excluding hydrogens is 276 g/mol. The topological polar surface area (TPSA) is 46.5 Å². The molecule has 22 heavy (non-hydrogen) atoms. The molecule has 1 unspecified atom stereocenters. The Hall–Kier alpha value is -2.29. The zero-order chi connectivity index (χ0) is 16.1. The van der Waals surface area contributed by atoms with Gasteiger partial charge in [0.05, 0.1) is 0 Å². The fourth-order valence-electron chi connectivity index (χ4n) is 2.29. The fourth-order valence-corrected chi connectivity index (χ4v) is 2.29. The molecule has 0 spiro atoms. The van der Waals surface area contributed by atoms with Gasteiger partial charge in [-0.3, -0.25) is 0 Å². The highest BCUT2D eigenvalue weighted by Gasteiger charge is 2.20. The number of rotatable bonds is 6. The van der Waals surface area contributed by atoms with Crippen molar-refractivity contribution in [3.05, 3.63) is 65.2 Å². The van der Waals surface area contributed by atoms with Gasteiger partial charge < -0.3 is 9.84 Å². The first-order chi connectivity index (χ1) is 10.5. The number of aryl methyl sites for hydroxylation is 1. The van der Waals surface area contributed by atoms with Crippen LogP contribution in [-0.4, -0.2) is 17.2 Å². The Morgan fingerprint density at radius 3 is 2.36 bits per heavy atom. The average molecular weight is 298 g/mol. The highest BCUT2D eigenvalue weighted by atomic mass is 16.5. The molecule has 2 aromatic rings. The van der Waals surface area contributed by atoms with E-state index in [1.165, 1.54) is 5.56 Å². The van der Waals surface area contributed by atoms with E-state index in [9.17, 15) is 9.90 Å². The summed E-state index contributed by atoms with van der Waals surface area (Å²) in [6, 6.07) is 15.5. The monoisotopic (exact) mass is 298 g/mol. The van der Waals surface area contributed by atoms with Crippen molar-refractivity contribution in [2.45, 2.75) is 39.2 Å². The van der Waals surface area contributed by atoms with Gasteiger partial charge in [-0.25, -0.2) is 4.79 Å². The quantitative estimate of drug-likeness (QED) is 0.869. The van der Waals surface area contributed by atoms with Crippen molar-refractivity contribution in [2.75, 3.05) is 0 Å². The molecule has 0 aromatic heterocycles. The van der Waals surface area contributed by atoms with Crippen LogP contribution >= 0.6 is 0 Å². The molecule has 0 aliphatic carbocycles. The van der Waals surface area contributed by atoms with Gasteiger partial charge in [0.1, 0.15) is 5.75 Å². The lowest BCUT2D eigenvalue weighted by atomic mass is 10.00. The van der Waals surface area contributed by atoms with E-state index in [2.05, 4.69) is 13.8 Å². The van der Waals surface area contributed by atoms with Gasteiger partial charge in [-0.1, -0.05) is 50.2 Å². The summed E-state index contributed by atoms with van der Waals surface area (Å²) < 4.78 is 5.64. The van der Waals surface area contributed by atoms with Crippen LogP contribution in [0.15, 0.2) is 48.5 Å². The molecule has 1 N–H and O–H groups in total. The van der Waals surface area contributed by atoms with Crippen molar-refractivity contribution in [3.63, 3.8) is 0 Å². The molecule has 2 rings (SSSR count). The van der Waals surface area contributed by atoms with Gasteiger partial charge in [0, 0.05) is 6.42 Å². The molecule has 116 valence electrons. The summed E-state index contributed by atoms with van der Waals surface area (Å²) in [7, 11) is 0. The fraction of sp³-hybridized carbons (Fsp3) is 0.316. The third-order valence-corrected chi connectivity index (χ3v) is 3.61. The summed E-state index contributed by atoms with van der Waals surface area (Å²) in [5, 5.41) is 9.38. The molecule has 2 aromatic carbocycles. The van der Waals surface area contributed by atoms with Crippen molar-refractivity contribution in [1.29, 1.82) is 0 Å². The van der Waals surface area contributed by atoms with Crippen LogP contribution in [0.3, 0.4) is 0 Å². The van der Waals surface area contributed by atoms with Crippen LogP contribution in [0.4, 0.5) is 0 Å². The predicted octanol–water partition coefficient (Wildman–Crippen LogP) is 4.19. The van der Waals surface area contributed by atoms with E-state index in [0.717, 1.165) is 11.1 Å². The maximum Gasteiger partial charge on any atom is 0.345 e. The minimum absolute atomic E-state index is 0.349. The van der Waals surface area contributed by atoms with Crippen molar-refractivity contribution >= 4 is 5.97 Å². The SMILES string of the molecule is Cc1cccc(OC(Cc2ccc(C(C)C)cc2)C(=O)O)c1. The number of carboxylic acid groups (broad SMARTS) is 1. The normalized spacial score (nSPS) is 12.2. The van der Waals surface area contributed by atoms with Gasteiger partial charge in [-0.15, -0.1) is 0 Å². The van der Waals surface area contributed by atoms with E-state index < -0.39 is 12.1 Å². The number of hydrogen-bond acceptors (Lipinski definition) is 2. The maximum absolute atomic E-state index is 11.4. The maximum atomic E-state index is 11.4. The standard InChI is InChI=1S/C19H22O3/c1-13(2)16-9-7-15(8-10-16)12-18(19(20)21)22-17-6-4-5-14(3)11-17/h4-11,13,18H,12H2,1-3H3,(H,20,21). The molecule has 3 heteroatoms. The Kier molecular flexibility index (Phi) is 5.21. The van der Waals surface area contributed by atoms with Crippen LogP contribution in [0.1, 0.15) is 36.5 Å². The Morgan fingerprint density at radius 2 is 1.82 bits per heavy atom. The largest absolute Gasteiger partial charge is 0.478 e. The molecule has 0 bridgehead atoms. The van der Waals surface area contributed by atoms with Crippen molar-refractivity contribution in [1.82, 2.24) is 0 Å². The summed E-state index contributed by atoms with van der Waals surface area (Å²) in [5.41, 5.74) is 3.25. The second-order valence-corrected chi connectivity index (χ2v) is 5.86. The van der Waals surface area contributed by atoms with Crippen LogP contribution in [0.5, 0.6) is 5.75 Å². The van der Waals surface area contributed by atoms with Gasteiger partial charge in [0.25, 0.3) is 0 Å². The predicted molar refractivity (Wildman–Crippen MR) is 87.5 cm³/mol. The van der Waals surface area contributed by atoms with Gasteiger partial charge in [0.15, 0.2) is 6.10 Å².